The number of hydrogen-bond acceptors (Lipinski definition) is 4. The van der Waals surface area contributed by atoms with E-state index >= 15 is 0 Å². The van der Waals surface area contributed by atoms with Crippen molar-refractivity contribution in [1.82, 2.24) is 19.4 Å². The number of rotatable bonds is 5. The molecule has 1 saturated heterocycles. The molecule has 27 heavy (non-hydrogen) atoms. The van der Waals surface area contributed by atoms with Gasteiger partial charge >= 0.3 is 0 Å². The molecule has 1 fully saturated rings. The lowest BCUT2D eigenvalue weighted by molar-refractivity contribution is 0.167. The predicted octanol–water partition coefficient (Wildman–Crippen LogP) is 3.79. The third-order valence-electron chi connectivity index (χ3n) is 5.50. The van der Waals surface area contributed by atoms with Crippen LogP contribution in [0.5, 0.6) is 0 Å². The number of benzene rings is 1. The number of hydrogen-bond donors (Lipinski definition) is 0. The molecule has 148 valence electrons. The van der Waals surface area contributed by atoms with Gasteiger partial charge in [-0.1, -0.05) is 31.9 Å². The van der Waals surface area contributed by atoms with Gasteiger partial charge in [0.15, 0.2) is 0 Å². The minimum absolute atomic E-state index is 0.0149. The zero-order chi connectivity index (χ0) is 19.6. The quantitative estimate of drug-likeness (QED) is 0.778. The summed E-state index contributed by atoms with van der Waals surface area (Å²) in [6.45, 7) is 11.3. The molecule has 2 atom stereocenters. The van der Waals surface area contributed by atoms with Gasteiger partial charge in [-0.3, -0.25) is 14.3 Å². The SMILES string of the molecule is CCC[C@@H](c1nc2ccc(Cl)cc2c(=O)n1CC)N1CCN(C)C[C@@H](C)C1. The van der Waals surface area contributed by atoms with E-state index in [2.05, 4.69) is 30.7 Å². The Morgan fingerprint density at radius 3 is 2.74 bits per heavy atom. The van der Waals surface area contributed by atoms with Crippen LogP contribution in [-0.2, 0) is 6.54 Å². The van der Waals surface area contributed by atoms with E-state index in [0.717, 1.165) is 50.4 Å². The maximum absolute atomic E-state index is 13.1. The van der Waals surface area contributed by atoms with Crippen molar-refractivity contribution in [1.29, 1.82) is 0 Å². The van der Waals surface area contributed by atoms with Gasteiger partial charge in [-0.05, 0) is 44.5 Å². The van der Waals surface area contributed by atoms with Crippen LogP contribution in [-0.4, -0.2) is 52.6 Å². The van der Waals surface area contributed by atoms with Crippen molar-refractivity contribution >= 4 is 22.5 Å². The van der Waals surface area contributed by atoms with Crippen LogP contribution in [0.25, 0.3) is 10.9 Å². The summed E-state index contributed by atoms with van der Waals surface area (Å²) in [5.41, 5.74) is 0.756. The van der Waals surface area contributed by atoms with Gasteiger partial charge in [0.25, 0.3) is 5.56 Å². The van der Waals surface area contributed by atoms with Crippen LogP contribution < -0.4 is 5.56 Å². The maximum atomic E-state index is 13.1. The normalized spacial score (nSPS) is 20.7. The first-order chi connectivity index (χ1) is 12.9. The van der Waals surface area contributed by atoms with E-state index in [1.807, 2.05) is 23.6 Å². The van der Waals surface area contributed by atoms with Gasteiger partial charge < -0.3 is 4.90 Å². The van der Waals surface area contributed by atoms with Crippen molar-refractivity contribution < 1.29 is 0 Å². The van der Waals surface area contributed by atoms with Crippen molar-refractivity contribution in [3.63, 3.8) is 0 Å². The Balaban J connectivity index is 2.10. The van der Waals surface area contributed by atoms with Crippen LogP contribution in [0.2, 0.25) is 5.02 Å². The highest BCUT2D eigenvalue weighted by Gasteiger charge is 2.28. The molecule has 0 aliphatic carbocycles. The fourth-order valence-corrected chi connectivity index (χ4v) is 4.45. The first-order valence-electron chi connectivity index (χ1n) is 10.1. The molecule has 0 radical (unpaired) electrons. The molecule has 2 heterocycles. The van der Waals surface area contributed by atoms with Crippen molar-refractivity contribution in [2.24, 2.45) is 5.92 Å². The van der Waals surface area contributed by atoms with E-state index in [1.54, 1.807) is 6.07 Å². The third-order valence-corrected chi connectivity index (χ3v) is 5.74. The summed E-state index contributed by atoms with van der Waals surface area (Å²) in [4.78, 5) is 23.0. The van der Waals surface area contributed by atoms with E-state index in [4.69, 9.17) is 16.6 Å². The van der Waals surface area contributed by atoms with Crippen LogP contribution >= 0.6 is 11.6 Å². The van der Waals surface area contributed by atoms with Gasteiger partial charge in [-0.15, -0.1) is 0 Å². The van der Waals surface area contributed by atoms with Gasteiger partial charge in [-0.2, -0.15) is 0 Å². The Morgan fingerprint density at radius 2 is 2.04 bits per heavy atom. The van der Waals surface area contributed by atoms with Gasteiger partial charge in [0, 0.05) is 37.7 Å². The van der Waals surface area contributed by atoms with Crippen LogP contribution in [0.15, 0.2) is 23.0 Å². The standard InChI is InChI=1S/C21H31ClN4O/c1-5-7-19(25-11-10-24(4)13-15(3)14-25)20-23-18-9-8-16(22)12-17(18)21(27)26(20)6-2/h8-9,12,15,19H,5-7,10-11,13-14H2,1-4H3/t15-,19+/m1/s1. The van der Waals surface area contributed by atoms with Gasteiger partial charge in [0.05, 0.1) is 16.9 Å². The van der Waals surface area contributed by atoms with Crippen LogP contribution in [0.3, 0.4) is 0 Å². The first kappa shape index (κ1) is 20.3. The van der Waals surface area contributed by atoms with Crippen molar-refractivity contribution in [2.45, 2.75) is 46.2 Å². The molecule has 0 bridgehead atoms. The van der Waals surface area contributed by atoms with Gasteiger partial charge in [0.2, 0.25) is 0 Å². The summed E-state index contributed by atoms with van der Waals surface area (Å²) in [7, 11) is 2.19. The molecular formula is C21H31ClN4O. The second-order valence-electron chi connectivity index (χ2n) is 7.85. The topological polar surface area (TPSA) is 41.4 Å². The molecule has 0 amide bonds. The zero-order valence-electron chi connectivity index (χ0n) is 16.9. The van der Waals surface area contributed by atoms with E-state index < -0.39 is 0 Å². The second-order valence-corrected chi connectivity index (χ2v) is 8.28. The van der Waals surface area contributed by atoms with E-state index in [9.17, 15) is 4.79 Å². The highest BCUT2D eigenvalue weighted by molar-refractivity contribution is 6.31. The first-order valence-corrected chi connectivity index (χ1v) is 10.4. The molecule has 6 heteroatoms. The second kappa shape index (κ2) is 8.72. The molecule has 1 aliphatic heterocycles. The molecule has 1 aromatic carbocycles. The Bertz CT molecular complexity index is 850. The molecule has 0 unspecified atom stereocenters. The Hall–Kier alpha value is -1.43. The highest BCUT2D eigenvalue weighted by atomic mass is 35.5. The van der Waals surface area contributed by atoms with E-state index in [1.165, 1.54) is 0 Å². The van der Waals surface area contributed by atoms with Crippen molar-refractivity contribution in [3.8, 4) is 0 Å². The number of halogens is 1. The third kappa shape index (κ3) is 4.36. The number of fused-ring (bicyclic) bond motifs is 1. The molecule has 0 spiro atoms. The highest BCUT2D eigenvalue weighted by Crippen LogP contribution is 2.27. The average Bonchev–Trinajstić information content (AvgIpc) is 2.80. The smallest absolute Gasteiger partial charge is 0.261 e. The van der Waals surface area contributed by atoms with E-state index in [-0.39, 0.29) is 11.6 Å². The maximum Gasteiger partial charge on any atom is 0.261 e. The fraction of sp³-hybridized carbons (Fsp3) is 0.619. The molecular weight excluding hydrogens is 360 g/mol. The Kier molecular flexibility index (Phi) is 6.56. The molecule has 5 nitrogen and oxygen atoms in total. The largest absolute Gasteiger partial charge is 0.305 e. The van der Waals surface area contributed by atoms with E-state index in [0.29, 0.717) is 22.9 Å². The summed E-state index contributed by atoms with van der Waals surface area (Å²) in [5.74, 6) is 1.49. The fourth-order valence-electron chi connectivity index (χ4n) is 4.27. The number of aromatic nitrogens is 2. The van der Waals surface area contributed by atoms with Crippen molar-refractivity contribution in [3.05, 3.63) is 39.4 Å². The minimum Gasteiger partial charge on any atom is -0.305 e. The molecule has 0 saturated carbocycles. The van der Waals surface area contributed by atoms with Crippen molar-refractivity contribution in [2.75, 3.05) is 33.2 Å². The zero-order valence-corrected chi connectivity index (χ0v) is 17.7. The summed E-state index contributed by atoms with van der Waals surface area (Å²) in [5, 5.41) is 1.18. The molecule has 3 rings (SSSR count). The lowest BCUT2D eigenvalue weighted by atomic mass is 10.1. The lowest BCUT2D eigenvalue weighted by Gasteiger charge is -2.32. The monoisotopic (exact) mass is 390 g/mol. The number of nitrogens with zero attached hydrogens (tertiary/aromatic N) is 4. The summed E-state index contributed by atoms with van der Waals surface area (Å²) >= 11 is 6.12. The molecule has 1 aliphatic rings. The molecule has 0 N–H and O–H groups in total. The van der Waals surface area contributed by atoms with Crippen LogP contribution in [0, 0.1) is 5.92 Å². The Morgan fingerprint density at radius 1 is 1.26 bits per heavy atom. The average molecular weight is 391 g/mol. The number of likely N-dealkylation sites (N-methyl/N-ethyl adjacent to an activating group) is 1. The molecule has 2 aromatic rings. The lowest BCUT2D eigenvalue weighted by Crippen LogP contribution is -2.38. The predicted molar refractivity (Wildman–Crippen MR) is 113 cm³/mol. The molecule has 1 aromatic heterocycles. The van der Waals surface area contributed by atoms with Crippen LogP contribution in [0.1, 0.15) is 45.5 Å². The van der Waals surface area contributed by atoms with Gasteiger partial charge in [0.1, 0.15) is 5.82 Å². The van der Waals surface area contributed by atoms with Gasteiger partial charge in [-0.25, -0.2) is 4.98 Å². The summed E-state index contributed by atoms with van der Waals surface area (Å²) in [6, 6.07) is 5.58. The van der Waals surface area contributed by atoms with Crippen LogP contribution in [0.4, 0.5) is 0 Å². The summed E-state index contributed by atoms with van der Waals surface area (Å²) < 4.78 is 1.85. The summed E-state index contributed by atoms with van der Waals surface area (Å²) in [6.07, 6.45) is 2.06. The minimum atomic E-state index is 0.0149. The Labute approximate surface area is 166 Å².